The van der Waals surface area contributed by atoms with Crippen molar-refractivity contribution in [3.63, 3.8) is 0 Å². The van der Waals surface area contributed by atoms with Crippen LogP contribution in [0, 0.1) is 0 Å². The molecule has 3 aromatic rings. The average Bonchev–Trinajstić information content (AvgIpc) is 3.70. The zero-order chi connectivity index (χ0) is 29.3. The Morgan fingerprint density at radius 1 is 0.929 bits per heavy atom. The summed E-state index contributed by atoms with van der Waals surface area (Å²) in [6, 6.07) is 9.18. The van der Waals surface area contributed by atoms with Gasteiger partial charge in [-0.15, -0.1) is 0 Å². The molecule has 5 unspecified atom stereocenters. The van der Waals surface area contributed by atoms with E-state index in [1.807, 2.05) is 24.3 Å². The highest BCUT2D eigenvalue weighted by Gasteiger charge is 2.55. The summed E-state index contributed by atoms with van der Waals surface area (Å²) in [5.74, 6) is 1.53. The molecule has 0 bridgehead atoms. The van der Waals surface area contributed by atoms with E-state index < -0.39 is 36.5 Å². The van der Waals surface area contributed by atoms with Gasteiger partial charge in [0.2, 0.25) is 13.1 Å². The van der Waals surface area contributed by atoms with Crippen LogP contribution in [0.5, 0.6) is 28.7 Å². The van der Waals surface area contributed by atoms with Crippen LogP contribution in [0.1, 0.15) is 36.2 Å². The van der Waals surface area contributed by atoms with Crippen LogP contribution in [0.2, 0.25) is 0 Å². The van der Waals surface area contributed by atoms with Gasteiger partial charge in [0.15, 0.2) is 34.6 Å². The van der Waals surface area contributed by atoms with Gasteiger partial charge in [0.1, 0.15) is 30.2 Å². The third-order valence-electron chi connectivity index (χ3n) is 8.27. The number of carbonyl (C=O) groups excluding carboxylic acids is 1. The Morgan fingerprint density at radius 2 is 1.64 bits per heavy atom. The maximum absolute atomic E-state index is 13.5. The molecule has 11 nitrogen and oxygen atoms in total. The Hall–Kier alpha value is -3.61. The standard InChI is InChI=1S/C31H32O11/c1-31(2)41-28-23(12-32)39-30(26(34)29(28)42-31)40-27-15-6-7-18(33)25(15)24(14-5-8-19-22(9-14)38-13-37-19)16-10-20(35-3)21(36-4)11-17(16)27/h5,8-11,23,26,28-30,32,34H,6-7,12-13H2,1-4H3. The number of hydrogen-bond acceptors (Lipinski definition) is 11. The summed E-state index contributed by atoms with van der Waals surface area (Å²) in [6.45, 7) is 3.24. The van der Waals surface area contributed by atoms with Crippen molar-refractivity contribution in [1.82, 2.24) is 0 Å². The van der Waals surface area contributed by atoms with Crippen molar-refractivity contribution in [3.05, 3.63) is 41.5 Å². The summed E-state index contributed by atoms with van der Waals surface area (Å²) < 4.78 is 46.9. The summed E-state index contributed by atoms with van der Waals surface area (Å²) in [7, 11) is 3.09. The van der Waals surface area contributed by atoms with Crippen LogP contribution < -0.4 is 23.7 Å². The normalized spacial score (nSPS) is 27.2. The molecule has 0 radical (unpaired) electrons. The number of methoxy groups -OCH3 is 2. The van der Waals surface area contributed by atoms with Crippen molar-refractivity contribution in [3.8, 4) is 39.9 Å². The lowest BCUT2D eigenvalue weighted by Crippen LogP contribution is -2.58. The molecular formula is C31H32O11. The minimum atomic E-state index is -1.24. The smallest absolute Gasteiger partial charge is 0.231 e. The molecule has 2 fully saturated rings. The molecule has 3 aliphatic heterocycles. The summed E-state index contributed by atoms with van der Waals surface area (Å²) in [4.78, 5) is 13.5. The quantitative estimate of drug-likeness (QED) is 0.445. The fraction of sp³-hybridized carbons (Fsp3) is 0.452. The Morgan fingerprint density at radius 3 is 2.38 bits per heavy atom. The van der Waals surface area contributed by atoms with Crippen molar-refractivity contribution in [2.75, 3.05) is 27.6 Å². The zero-order valence-electron chi connectivity index (χ0n) is 23.7. The molecule has 11 heteroatoms. The molecule has 222 valence electrons. The molecule has 0 spiro atoms. The van der Waals surface area contributed by atoms with E-state index in [9.17, 15) is 15.0 Å². The first-order valence-corrected chi connectivity index (χ1v) is 13.9. The number of Topliss-reactive ketones (excluding diaryl/α,β-unsaturated/α-hetero) is 1. The molecule has 2 saturated heterocycles. The number of ketones is 1. The maximum atomic E-state index is 13.5. The Bertz CT molecular complexity index is 1580. The number of carbonyl (C=O) groups is 1. The van der Waals surface area contributed by atoms with E-state index in [4.69, 9.17) is 37.9 Å². The predicted octanol–water partition coefficient (Wildman–Crippen LogP) is 3.36. The number of aliphatic hydroxyl groups is 2. The van der Waals surface area contributed by atoms with Crippen molar-refractivity contribution in [1.29, 1.82) is 0 Å². The lowest BCUT2D eigenvalue weighted by molar-refractivity contribution is -0.254. The first-order chi connectivity index (χ1) is 20.2. The summed E-state index contributed by atoms with van der Waals surface area (Å²) in [5, 5.41) is 22.8. The number of ether oxygens (including phenoxy) is 8. The molecule has 0 saturated carbocycles. The van der Waals surface area contributed by atoms with Gasteiger partial charge in [0.25, 0.3) is 0 Å². The second kappa shape index (κ2) is 9.99. The van der Waals surface area contributed by atoms with Gasteiger partial charge in [-0.05, 0) is 55.5 Å². The van der Waals surface area contributed by atoms with Gasteiger partial charge in [-0.3, -0.25) is 4.79 Å². The lowest BCUT2D eigenvalue weighted by atomic mass is 9.89. The van der Waals surface area contributed by atoms with Crippen molar-refractivity contribution >= 4 is 16.6 Å². The van der Waals surface area contributed by atoms with Gasteiger partial charge >= 0.3 is 0 Å². The molecule has 42 heavy (non-hydrogen) atoms. The third-order valence-corrected chi connectivity index (χ3v) is 8.27. The van der Waals surface area contributed by atoms with Crippen molar-refractivity contribution in [2.24, 2.45) is 0 Å². The average molecular weight is 581 g/mol. The van der Waals surface area contributed by atoms with Gasteiger partial charge < -0.3 is 48.1 Å². The minimum absolute atomic E-state index is 0.0353. The molecule has 5 atom stereocenters. The number of hydrogen-bond donors (Lipinski definition) is 2. The fourth-order valence-corrected chi connectivity index (χ4v) is 6.45. The van der Waals surface area contributed by atoms with Gasteiger partial charge in [0, 0.05) is 28.5 Å². The van der Waals surface area contributed by atoms with Gasteiger partial charge in [0.05, 0.1) is 20.8 Å². The van der Waals surface area contributed by atoms with Gasteiger partial charge in [-0.2, -0.15) is 0 Å². The molecule has 1 aliphatic carbocycles. The highest BCUT2D eigenvalue weighted by Crippen LogP contribution is 2.50. The van der Waals surface area contributed by atoms with Crippen LogP contribution in [0.4, 0.5) is 0 Å². The molecule has 3 aromatic carbocycles. The third kappa shape index (κ3) is 4.18. The molecule has 2 N–H and O–H groups in total. The first-order valence-electron chi connectivity index (χ1n) is 13.9. The SMILES string of the molecule is COc1cc2c(OC3OC(CO)C4OC(C)(C)OC4C3O)c3c(c(-c4ccc5c(c4)OCO5)c2cc1OC)C(=O)CC3. The van der Waals surface area contributed by atoms with Gasteiger partial charge in [-0.1, -0.05) is 6.07 Å². The first kappa shape index (κ1) is 27.2. The molecular weight excluding hydrogens is 548 g/mol. The van der Waals surface area contributed by atoms with Crippen LogP contribution in [0.25, 0.3) is 21.9 Å². The minimum Gasteiger partial charge on any atom is -0.493 e. The van der Waals surface area contributed by atoms with E-state index >= 15 is 0 Å². The Kier molecular flexibility index (Phi) is 6.48. The van der Waals surface area contributed by atoms with E-state index in [1.165, 1.54) is 0 Å². The van der Waals surface area contributed by atoms with Crippen molar-refractivity contribution in [2.45, 2.75) is 63.2 Å². The summed E-state index contributed by atoms with van der Waals surface area (Å²) >= 11 is 0. The van der Waals surface area contributed by atoms with Crippen LogP contribution in [0.3, 0.4) is 0 Å². The number of fused-ring (bicyclic) bond motifs is 4. The largest absolute Gasteiger partial charge is 0.493 e. The second-order valence-corrected chi connectivity index (χ2v) is 11.2. The molecule has 0 amide bonds. The predicted molar refractivity (Wildman–Crippen MR) is 147 cm³/mol. The summed E-state index contributed by atoms with van der Waals surface area (Å²) in [6.07, 6.45) is -4.01. The van der Waals surface area contributed by atoms with Crippen molar-refractivity contribution < 1.29 is 52.9 Å². The van der Waals surface area contributed by atoms with E-state index in [-0.39, 0.29) is 25.6 Å². The highest BCUT2D eigenvalue weighted by atomic mass is 16.8. The molecule has 3 heterocycles. The van der Waals surface area contributed by atoms with E-state index in [1.54, 1.807) is 34.1 Å². The summed E-state index contributed by atoms with van der Waals surface area (Å²) in [5.41, 5.74) is 2.69. The Labute approximate surface area is 241 Å². The van der Waals surface area contributed by atoms with Crippen LogP contribution >= 0.6 is 0 Å². The molecule has 7 rings (SSSR count). The topological polar surface area (TPSA) is 131 Å². The highest BCUT2D eigenvalue weighted by molar-refractivity contribution is 6.16. The zero-order valence-corrected chi connectivity index (χ0v) is 23.7. The molecule has 4 aliphatic rings. The Balaban J connectivity index is 1.42. The number of benzene rings is 3. The number of aliphatic hydroxyl groups excluding tert-OH is 2. The van der Waals surface area contributed by atoms with Crippen LogP contribution in [-0.4, -0.2) is 80.1 Å². The lowest BCUT2D eigenvalue weighted by Gasteiger charge is -2.39. The van der Waals surface area contributed by atoms with E-state index in [2.05, 4.69) is 0 Å². The van der Waals surface area contributed by atoms with E-state index in [0.717, 1.165) is 5.56 Å². The van der Waals surface area contributed by atoms with E-state index in [0.29, 0.717) is 62.6 Å². The monoisotopic (exact) mass is 580 g/mol. The second-order valence-electron chi connectivity index (χ2n) is 11.2. The van der Waals surface area contributed by atoms with Crippen LogP contribution in [-0.2, 0) is 20.6 Å². The van der Waals surface area contributed by atoms with Gasteiger partial charge in [-0.25, -0.2) is 0 Å². The van der Waals surface area contributed by atoms with Crippen LogP contribution in [0.15, 0.2) is 30.3 Å². The molecule has 0 aromatic heterocycles. The fourth-order valence-electron chi connectivity index (χ4n) is 6.45. The number of rotatable bonds is 6. The maximum Gasteiger partial charge on any atom is 0.231 e.